The van der Waals surface area contributed by atoms with Crippen molar-refractivity contribution in [3.63, 3.8) is 0 Å². The van der Waals surface area contributed by atoms with Crippen molar-refractivity contribution in [3.05, 3.63) is 205 Å². The second kappa shape index (κ2) is 12.3. The third-order valence-corrected chi connectivity index (χ3v) is 13.6. The molecule has 1 heteroatoms. The number of hydrogen-bond acceptors (Lipinski definition) is 1. The molecule has 280 valence electrons. The standard InChI is InChI=1S/C59H38O/c1-59(2)51-29-14-13-23-41(51)49-32-33-52-56(57(49)59)50-34-36-17-4-6-20-38(36)55(58(50)60-52)48-31-30-47(39-21-7-8-22-40(39)48)54-45-26-11-9-24-43(45)53(44-25-10-12-27-46(44)54)42-28-15-18-35-16-3-5-19-37(35)42/h3-34H,1-2H3. The summed E-state index contributed by atoms with van der Waals surface area (Å²) in [5.74, 6) is 0. The summed E-state index contributed by atoms with van der Waals surface area (Å²) in [5.41, 5.74) is 14.4. The van der Waals surface area contributed by atoms with E-state index in [0.29, 0.717) is 0 Å². The second-order valence-electron chi connectivity index (χ2n) is 17.1. The molecule has 0 aliphatic heterocycles. The first-order valence-corrected chi connectivity index (χ1v) is 21.0. The van der Waals surface area contributed by atoms with E-state index in [0.717, 1.165) is 16.7 Å². The van der Waals surface area contributed by atoms with Crippen LogP contribution in [0.2, 0.25) is 0 Å². The summed E-state index contributed by atoms with van der Waals surface area (Å²) in [6.07, 6.45) is 0. The van der Waals surface area contributed by atoms with Crippen molar-refractivity contribution >= 4 is 75.8 Å². The van der Waals surface area contributed by atoms with E-state index in [2.05, 4.69) is 208 Å². The molecule has 1 heterocycles. The molecule has 1 aliphatic rings. The summed E-state index contributed by atoms with van der Waals surface area (Å²) in [4.78, 5) is 0. The molecule has 0 unspecified atom stereocenters. The molecule has 12 aromatic rings. The van der Waals surface area contributed by atoms with Crippen molar-refractivity contribution < 1.29 is 4.42 Å². The molecule has 0 saturated heterocycles. The highest BCUT2D eigenvalue weighted by molar-refractivity contribution is 6.27. The van der Waals surface area contributed by atoms with Gasteiger partial charge in [0.05, 0.1) is 0 Å². The topological polar surface area (TPSA) is 13.1 Å². The van der Waals surface area contributed by atoms with Crippen LogP contribution < -0.4 is 0 Å². The van der Waals surface area contributed by atoms with Gasteiger partial charge in [0.2, 0.25) is 0 Å². The van der Waals surface area contributed by atoms with Crippen LogP contribution in [0.15, 0.2) is 199 Å². The van der Waals surface area contributed by atoms with E-state index in [1.807, 2.05) is 0 Å². The summed E-state index contributed by atoms with van der Waals surface area (Å²) >= 11 is 0. The van der Waals surface area contributed by atoms with Gasteiger partial charge in [-0.05, 0) is 116 Å². The van der Waals surface area contributed by atoms with Crippen molar-refractivity contribution in [3.8, 4) is 44.5 Å². The fourth-order valence-electron chi connectivity index (χ4n) is 11.1. The molecule has 1 aromatic heterocycles. The quantitative estimate of drug-likeness (QED) is 0.163. The molecule has 0 atom stereocenters. The van der Waals surface area contributed by atoms with Gasteiger partial charge in [0.15, 0.2) is 0 Å². The summed E-state index contributed by atoms with van der Waals surface area (Å²) in [7, 11) is 0. The van der Waals surface area contributed by atoms with Gasteiger partial charge in [0.25, 0.3) is 0 Å². The van der Waals surface area contributed by atoms with E-state index in [-0.39, 0.29) is 5.41 Å². The third-order valence-electron chi connectivity index (χ3n) is 13.6. The zero-order valence-electron chi connectivity index (χ0n) is 33.4. The lowest BCUT2D eigenvalue weighted by Crippen LogP contribution is -2.15. The minimum absolute atomic E-state index is 0.170. The Hall–Kier alpha value is -7.48. The highest BCUT2D eigenvalue weighted by atomic mass is 16.3. The first kappa shape index (κ1) is 33.5. The minimum Gasteiger partial charge on any atom is -0.455 e. The van der Waals surface area contributed by atoms with Gasteiger partial charge in [-0.2, -0.15) is 0 Å². The highest BCUT2D eigenvalue weighted by Crippen LogP contribution is 2.55. The van der Waals surface area contributed by atoms with Gasteiger partial charge in [0.1, 0.15) is 11.2 Å². The maximum atomic E-state index is 7.13. The molecule has 0 saturated carbocycles. The van der Waals surface area contributed by atoms with Crippen LogP contribution in [-0.4, -0.2) is 0 Å². The molecule has 0 spiro atoms. The SMILES string of the molecule is CC1(C)c2ccccc2-c2ccc3oc4c(-c5ccc(-c6c7ccccc7c(-c7cccc8ccccc78)c7ccccc67)c6ccccc56)c5ccccc5cc4c3c21. The van der Waals surface area contributed by atoms with Gasteiger partial charge in [-0.25, -0.2) is 0 Å². The molecule has 1 nitrogen and oxygen atoms in total. The lowest BCUT2D eigenvalue weighted by Gasteiger charge is -2.22. The van der Waals surface area contributed by atoms with Gasteiger partial charge >= 0.3 is 0 Å². The number of furan rings is 1. The molecule has 60 heavy (non-hydrogen) atoms. The average Bonchev–Trinajstić information content (AvgIpc) is 3.78. The van der Waals surface area contributed by atoms with Crippen LogP contribution in [0.5, 0.6) is 0 Å². The number of fused-ring (bicyclic) bond motifs is 12. The van der Waals surface area contributed by atoms with Crippen LogP contribution in [0.1, 0.15) is 25.0 Å². The Bertz CT molecular complexity index is 3740. The van der Waals surface area contributed by atoms with E-state index in [1.54, 1.807) is 0 Å². The van der Waals surface area contributed by atoms with Crippen LogP contribution in [-0.2, 0) is 5.41 Å². The van der Waals surface area contributed by atoms with Gasteiger partial charge in [-0.15, -0.1) is 0 Å². The van der Waals surface area contributed by atoms with Crippen LogP contribution in [0, 0.1) is 0 Å². The normalized spacial score (nSPS) is 13.3. The molecular weight excluding hydrogens is 725 g/mol. The molecule has 1 aliphatic carbocycles. The predicted molar refractivity (Wildman–Crippen MR) is 255 cm³/mol. The Kier molecular flexibility index (Phi) is 6.85. The third kappa shape index (κ3) is 4.47. The molecule has 11 aromatic carbocycles. The maximum absolute atomic E-state index is 7.13. The molecule has 0 amide bonds. The smallest absolute Gasteiger partial charge is 0.143 e. The van der Waals surface area contributed by atoms with Crippen molar-refractivity contribution in [1.82, 2.24) is 0 Å². The average molecular weight is 763 g/mol. The maximum Gasteiger partial charge on any atom is 0.143 e. The first-order valence-electron chi connectivity index (χ1n) is 21.0. The summed E-state index contributed by atoms with van der Waals surface area (Å²) in [5, 5.41) is 14.7. The number of hydrogen-bond donors (Lipinski definition) is 0. The number of benzene rings is 11. The van der Waals surface area contributed by atoms with Crippen LogP contribution in [0.25, 0.3) is 120 Å². The lowest BCUT2D eigenvalue weighted by molar-refractivity contribution is 0.657. The van der Waals surface area contributed by atoms with E-state index < -0.39 is 0 Å². The van der Waals surface area contributed by atoms with Crippen molar-refractivity contribution in [1.29, 1.82) is 0 Å². The van der Waals surface area contributed by atoms with Crippen molar-refractivity contribution in [2.45, 2.75) is 19.3 Å². The van der Waals surface area contributed by atoms with Crippen LogP contribution >= 0.6 is 0 Å². The highest BCUT2D eigenvalue weighted by Gasteiger charge is 2.38. The molecular formula is C59H38O. The van der Waals surface area contributed by atoms with Crippen LogP contribution in [0.3, 0.4) is 0 Å². The monoisotopic (exact) mass is 762 g/mol. The van der Waals surface area contributed by atoms with Crippen molar-refractivity contribution in [2.24, 2.45) is 0 Å². The molecule has 13 rings (SSSR count). The van der Waals surface area contributed by atoms with Gasteiger partial charge in [0, 0.05) is 21.8 Å². The summed E-state index contributed by atoms with van der Waals surface area (Å²) in [6, 6.07) is 71.7. The Morgan fingerprint density at radius 2 is 0.800 bits per heavy atom. The number of rotatable bonds is 3. The Morgan fingerprint density at radius 3 is 1.47 bits per heavy atom. The zero-order chi connectivity index (χ0) is 39.7. The van der Waals surface area contributed by atoms with E-state index in [1.165, 1.54) is 115 Å². The predicted octanol–water partition coefficient (Wildman–Crippen LogP) is 16.7. The Labute approximate surface area is 347 Å². The lowest BCUT2D eigenvalue weighted by atomic mass is 9.80. The van der Waals surface area contributed by atoms with E-state index in [9.17, 15) is 0 Å². The summed E-state index contributed by atoms with van der Waals surface area (Å²) < 4.78 is 7.13. The van der Waals surface area contributed by atoms with E-state index in [4.69, 9.17) is 4.42 Å². The Balaban J connectivity index is 1.11. The largest absolute Gasteiger partial charge is 0.455 e. The summed E-state index contributed by atoms with van der Waals surface area (Å²) in [6.45, 7) is 4.73. The fraction of sp³-hybridized carbons (Fsp3) is 0.0508. The molecule has 0 bridgehead atoms. The Morgan fingerprint density at radius 1 is 0.333 bits per heavy atom. The van der Waals surface area contributed by atoms with Gasteiger partial charge in [-0.3, -0.25) is 0 Å². The van der Waals surface area contributed by atoms with E-state index >= 15 is 0 Å². The van der Waals surface area contributed by atoms with Gasteiger partial charge < -0.3 is 4.42 Å². The second-order valence-corrected chi connectivity index (χ2v) is 17.1. The molecule has 0 radical (unpaired) electrons. The van der Waals surface area contributed by atoms with Crippen molar-refractivity contribution in [2.75, 3.05) is 0 Å². The minimum atomic E-state index is -0.170. The first-order chi connectivity index (χ1) is 29.6. The van der Waals surface area contributed by atoms with Gasteiger partial charge in [-0.1, -0.05) is 196 Å². The van der Waals surface area contributed by atoms with Crippen LogP contribution in [0.4, 0.5) is 0 Å². The zero-order valence-corrected chi connectivity index (χ0v) is 33.4. The fourth-order valence-corrected chi connectivity index (χ4v) is 11.1. The molecule has 0 fully saturated rings. The molecule has 0 N–H and O–H groups in total.